The van der Waals surface area contributed by atoms with Crippen LogP contribution in [0.25, 0.3) is 4.91 Å². The number of hydrogen-bond acceptors (Lipinski definition) is 5. The molecule has 7 nitrogen and oxygen atoms in total. The van der Waals surface area contributed by atoms with E-state index in [-0.39, 0.29) is 19.3 Å². The molecule has 174 valence electrons. The summed E-state index contributed by atoms with van der Waals surface area (Å²) in [4.78, 5) is 23.8. The summed E-state index contributed by atoms with van der Waals surface area (Å²) in [5, 5.41) is 19.4. The number of rotatable bonds is 9. The molecule has 0 saturated heterocycles. The van der Waals surface area contributed by atoms with Gasteiger partial charge in [-0.05, 0) is 48.1 Å². The van der Waals surface area contributed by atoms with Crippen LogP contribution in [0, 0.1) is 0 Å². The number of sulfonamides is 1. The summed E-state index contributed by atoms with van der Waals surface area (Å²) in [6.45, 7) is 0. The van der Waals surface area contributed by atoms with Crippen molar-refractivity contribution in [3.8, 4) is 0 Å². The smallest absolute Gasteiger partial charge is 0.325 e. The van der Waals surface area contributed by atoms with Crippen LogP contribution in [0.15, 0.2) is 54.6 Å². The van der Waals surface area contributed by atoms with Gasteiger partial charge >= 0.3 is 11.9 Å². The normalized spacial score (nSPS) is 24.3. The minimum atomic E-state index is -3.95. The van der Waals surface area contributed by atoms with Crippen LogP contribution in [0.4, 0.5) is 0 Å². The Hall–Kier alpha value is -2.33. The van der Waals surface area contributed by atoms with Crippen molar-refractivity contribution in [2.75, 3.05) is 0 Å². The number of hydrogen-bond donors (Lipinski definition) is 3. The highest BCUT2D eigenvalue weighted by Gasteiger charge is 2.63. The molecule has 1 heterocycles. The molecule has 2 aromatic rings. The van der Waals surface area contributed by atoms with E-state index in [1.165, 1.54) is 11.8 Å². The van der Waals surface area contributed by atoms with Crippen molar-refractivity contribution in [2.45, 2.75) is 41.7 Å². The molecule has 0 spiro atoms. The van der Waals surface area contributed by atoms with Crippen molar-refractivity contribution in [1.82, 2.24) is 4.72 Å². The molecule has 1 aliphatic carbocycles. The van der Waals surface area contributed by atoms with Crippen molar-refractivity contribution >= 4 is 50.2 Å². The van der Waals surface area contributed by atoms with E-state index >= 15 is 0 Å². The molecule has 1 fully saturated rings. The third-order valence-corrected chi connectivity index (χ3v) is 9.82. The number of aliphatic carboxylic acids is 2. The van der Waals surface area contributed by atoms with Gasteiger partial charge in [0.15, 0.2) is 0 Å². The SMILES string of the molecule is O=C(O)CCc1cccc(C2CC2(NS(=O)(=O)C2CC=C(c3ccc(Cl)cc3)S2)C(=O)O)c1. The Bertz CT molecular complexity index is 1230. The van der Waals surface area contributed by atoms with Gasteiger partial charge < -0.3 is 10.2 Å². The predicted octanol–water partition coefficient (Wildman–Crippen LogP) is 4.09. The molecular weight excluding hydrogens is 486 g/mol. The van der Waals surface area contributed by atoms with Crippen LogP contribution >= 0.6 is 23.4 Å². The van der Waals surface area contributed by atoms with Crippen molar-refractivity contribution < 1.29 is 28.2 Å². The van der Waals surface area contributed by atoms with E-state index in [9.17, 15) is 23.1 Å². The number of carboxylic acid groups (broad SMARTS) is 2. The second-order valence-electron chi connectivity index (χ2n) is 8.18. The van der Waals surface area contributed by atoms with E-state index in [0.29, 0.717) is 17.0 Å². The third-order valence-electron chi connectivity index (χ3n) is 5.88. The Morgan fingerprint density at radius 3 is 2.55 bits per heavy atom. The lowest BCUT2D eigenvalue weighted by Gasteiger charge is -2.19. The van der Waals surface area contributed by atoms with Gasteiger partial charge in [-0.25, -0.2) is 8.42 Å². The van der Waals surface area contributed by atoms with Gasteiger partial charge in [-0.3, -0.25) is 9.59 Å². The van der Waals surface area contributed by atoms with Crippen molar-refractivity contribution in [3.05, 3.63) is 76.3 Å². The highest BCUT2D eigenvalue weighted by molar-refractivity contribution is 8.18. The van der Waals surface area contributed by atoms with E-state index < -0.39 is 38.0 Å². The summed E-state index contributed by atoms with van der Waals surface area (Å²) in [7, 11) is -3.95. The molecule has 33 heavy (non-hydrogen) atoms. The number of carbonyl (C=O) groups is 2. The number of thioether (sulfide) groups is 1. The number of nitrogens with one attached hydrogen (secondary N) is 1. The largest absolute Gasteiger partial charge is 0.481 e. The fourth-order valence-electron chi connectivity index (χ4n) is 4.03. The first-order chi connectivity index (χ1) is 15.6. The third kappa shape index (κ3) is 5.11. The van der Waals surface area contributed by atoms with Crippen molar-refractivity contribution in [3.63, 3.8) is 0 Å². The van der Waals surface area contributed by atoms with Crippen LogP contribution < -0.4 is 4.72 Å². The Labute approximate surface area is 200 Å². The fourth-order valence-corrected chi connectivity index (χ4v) is 7.36. The summed E-state index contributed by atoms with van der Waals surface area (Å²) < 4.78 is 27.9. The average Bonchev–Trinajstić information content (AvgIpc) is 3.26. The van der Waals surface area contributed by atoms with E-state index in [1.54, 1.807) is 36.4 Å². The molecule has 10 heteroatoms. The van der Waals surface area contributed by atoms with Crippen LogP contribution in [-0.2, 0) is 26.0 Å². The topological polar surface area (TPSA) is 121 Å². The molecule has 2 aliphatic rings. The Kier molecular flexibility index (Phi) is 6.59. The summed E-state index contributed by atoms with van der Waals surface area (Å²) in [6, 6.07) is 14.1. The molecule has 0 amide bonds. The number of halogens is 1. The highest BCUT2D eigenvalue weighted by atomic mass is 35.5. The predicted molar refractivity (Wildman–Crippen MR) is 128 cm³/mol. The zero-order valence-corrected chi connectivity index (χ0v) is 19.8. The lowest BCUT2D eigenvalue weighted by atomic mass is 10.0. The summed E-state index contributed by atoms with van der Waals surface area (Å²) in [6.07, 6.45) is 2.52. The number of benzene rings is 2. The number of allylic oxidation sites excluding steroid dienone is 1. The first-order valence-corrected chi connectivity index (χ1v) is 13.1. The molecule has 4 rings (SSSR count). The summed E-state index contributed by atoms with van der Waals surface area (Å²) in [5.74, 6) is -2.66. The van der Waals surface area contributed by atoms with E-state index in [4.69, 9.17) is 16.7 Å². The zero-order valence-electron chi connectivity index (χ0n) is 17.4. The van der Waals surface area contributed by atoms with E-state index in [1.807, 2.05) is 18.2 Å². The molecule has 0 radical (unpaired) electrons. The minimum Gasteiger partial charge on any atom is -0.481 e. The zero-order chi connectivity index (χ0) is 23.8. The van der Waals surface area contributed by atoms with Gasteiger partial charge in [0.1, 0.15) is 10.1 Å². The quantitative estimate of drug-likeness (QED) is 0.467. The monoisotopic (exact) mass is 507 g/mol. The number of carboxylic acids is 2. The van der Waals surface area contributed by atoms with Gasteiger partial charge in [0, 0.05) is 22.3 Å². The number of aryl methyl sites for hydroxylation is 1. The Morgan fingerprint density at radius 2 is 1.88 bits per heavy atom. The lowest BCUT2D eigenvalue weighted by molar-refractivity contribution is -0.140. The van der Waals surface area contributed by atoms with Gasteiger partial charge in [0.25, 0.3) is 0 Å². The van der Waals surface area contributed by atoms with Crippen molar-refractivity contribution in [1.29, 1.82) is 0 Å². The van der Waals surface area contributed by atoms with Gasteiger partial charge in [-0.15, -0.1) is 11.8 Å². The molecule has 1 saturated carbocycles. The van der Waals surface area contributed by atoms with Crippen LogP contribution in [0.2, 0.25) is 5.02 Å². The van der Waals surface area contributed by atoms with Gasteiger partial charge in [0.05, 0.1) is 0 Å². The molecule has 0 aromatic heterocycles. The minimum absolute atomic E-state index is 0.0350. The highest BCUT2D eigenvalue weighted by Crippen LogP contribution is 2.53. The summed E-state index contributed by atoms with van der Waals surface area (Å²) in [5.41, 5.74) is 0.708. The standard InChI is InChI=1S/C23H22ClNO6S2/c24-17-7-5-15(6-8-17)19-9-11-21(32-19)33(30,31)25-23(22(28)29)13-18(23)16-3-1-2-14(12-16)4-10-20(26)27/h1-3,5-9,12,18,21,25H,4,10-11,13H2,(H,26,27)(H,28,29). The fraction of sp³-hybridized carbons (Fsp3) is 0.304. The first-order valence-electron chi connectivity index (χ1n) is 10.3. The van der Waals surface area contributed by atoms with Gasteiger partial charge in [-0.1, -0.05) is 54.1 Å². The molecule has 2 aromatic carbocycles. The molecule has 3 atom stereocenters. The van der Waals surface area contributed by atoms with Gasteiger partial charge in [-0.2, -0.15) is 4.72 Å². The molecular formula is C23H22ClNO6S2. The maximum atomic E-state index is 13.1. The van der Waals surface area contributed by atoms with E-state index in [0.717, 1.165) is 16.0 Å². The van der Waals surface area contributed by atoms with Crippen LogP contribution in [0.3, 0.4) is 0 Å². The van der Waals surface area contributed by atoms with Crippen molar-refractivity contribution in [2.24, 2.45) is 0 Å². The maximum absolute atomic E-state index is 13.1. The second-order valence-corrected chi connectivity index (χ2v) is 12.0. The van der Waals surface area contributed by atoms with Gasteiger partial charge in [0.2, 0.25) is 10.0 Å². The van der Waals surface area contributed by atoms with Crippen LogP contribution in [-0.4, -0.2) is 40.7 Å². The van der Waals surface area contributed by atoms with Crippen LogP contribution in [0.5, 0.6) is 0 Å². The Balaban J connectivity index is 1.48. The maximum Gasteiger partial charge on any atom is 0.325 e. The van der Waals surface area contributed by atoms with E-state index in [2.05, 4.69) is 4.72 Å². The molecule has 3 N–H and O–H groups in total. The summed E-state index contributed by atoms with van der Waals surface area (Å²) >= 11 is 7.10. The second kappa shape index (κ2) is 9.13. The average molecular weight is 508 g/mol. The molecule has 0 bridgehead atoms. The first kappa shape index (κ1) is 23.8. The van der Waals surface area contributed by atoms with Crippen LogP contribution in [0.1, 0.15) is 41.9 Å². The Morgan fingerprint density at radius 1 is 1.15 bits per heavy atom. The lowest BCUT2D eigenvalue weighted by Crippen LogP contribution is -2.47. The molecule has 1 aliphatic heterocycles. The molecule has 3 unspecified atom stereocenters.